The van der Waals surface area contributed by atoms with Crippen molar-refractivity contribution in [2.75, 3.05) is 25.6 Å². The standard InChI is InChI=1S/C30H32N2O3/c1-34-19-7-18-31-30(33)27-13-6-12-26-24-10-5-11-25(24)28(32-29(26)27)22-14-16-23(17-15-22)35-20-21-8-3-2-4-9-21/h2-6,8-10,12-17,24-25,28,32H,7,11,18-20H2,1H3,(H,31,33). The Hall–Kier alpha value is -3.57. The van der Waals surface area contributed by atoms with Gasteiger partial charge in [0.05, 0.1) is 17.3 Å². The Bertz CT molecular complexity index is 1170. The number of allylic oxidation sites excluding steroid dienone is 2. The van der Waals surface area contributed by atoms with Crippen LogP contribution >= 0.6 is 0 Å². The zero-order chi connectivity index (χ0) is 24.0. The van der Waals surface area contributed by atoms with Crippen LogP contribution in [0.25, 0.3) is 0 Å². The molecular weight excluding hydrogens is 436 g/mol. The molecule has 5 rings (SSSR count). The summed E-state index contributed by atoms with van der Waals surface area (Å²) in [7, 11) is 1.67. The number of hydrogen-bond acceptors (Lipinski definition) is 4. The Morgan fingerprint density at radius 1 is 1.03 bits per heavy atom. The van der Waals surface area contributed by atoms with E-state index in [0.717, 1.165) is 29.8 Å². The van der Waals surface area contributed by atoms with Crippen LogP contribution in [0.3, 0.4) is 0 Å². The molecule has 0 spiro atoms. The van der Waals surface area contributed by atoms with Crippen LogP contribution in [0.5, 0.6) is 5.75 Å². The second-order valence-corrected chi connectivity index (χ2v) is 9.19. The van der Waals surface area contributed by atoms with Crippen molar-refractivity contribution >= 4 is 11.6 Å². The highest BCUT2D eigenvalue weighted by molar-refractivity contribution is 6.00. The van der Waals surface area contributed by atoms with Gasteiger partial charge < -0.3 is 20.1 Å². The van der Waals surface area contributed by atoms with E-state index in [1.54, 1.807) is 7.11 Å². The van der Waals surface area contributed by atoms with Crippen LogP contribution in [0.1, 0.15) is 51.8 Å². The maximum atomic E-state index is 13.0. The SMILES string of the molecule is COCCCNC(=O)c1cccc2c1NC(c1ccc(OCc3ccccc3)cc1)C1CC=CC21. The van der Waals surface area contributed by atoms with Gasteiger partial charge in [-0.25, -0.2) is 0 Å². The number of nitrogens with one attached hydrogen (secondary N) is 2. The van der Waals surface area contributed by atoms with Crippen molar-refractivity contribution in [3.05, 3.63) is 107 Å². The van der Waals surface area contributed by atoms with Gasteiger partial charge in [0.2, 0.25) is 0 Å². The van der Waals surface area contributed by atoms with E-state index in [0.29, 0.717) is 37.2 Å². The Kier molecular flexibility index (Phi) is 7.15. The fourth-order valence-corrected chi connectivity index (χ4v) is 5.17. The smallest absolute Gasteiger partial charge is 0.253 e. The molecule has 3 unspecified atom stereocenters. The van der Waals surface area contributed by atoms with Gasteiger partial charge in [0.25, 0.3) is 5.91 Å². The number of benzene rings is 3. The Morgan fingerprint density at radius 2 is 1.86 bits per heavy atom. The van der Waals surface area contributed by atoms with E-state index < -0.39 is 0 Å². The molecule has 5 nitrogen and oxygen atoms in total. The van der Waals surface area contributed by atoms with Gasteiger partial charge in [-0.1, -0.05) is 66.7 Å². The highest BCUT2D eigenvalue weighted by Gasteiger charge is 2.39. The molecule has 2 N–H and O–H groups in total. The minimum absolute atomic E-state index is 0.0470. The van der Waals surface area contributed by atoms with Crippen LogP contribution in [0.15, 0.2) is 84.9 Å². The molecule has 2 aliphatic rings. The summed E-state index contributed by atoms with van der Waals surface area (Å²) < 4.78 is 11.1. The summed E-state index contributed by atoms with van der Waals surface area (Å²) in [6.45, 7) is 1.77. The molecular formula is C30H32N2O3. The number of methoxy groups -OCH3 is 1. The van der Waals surface area contributed by atoms with Crippen molar-refractivity contribution in [2.45, 2.75) is 31.4 Å². The Labute approximate surface area is 207 Å². The van der Waals surface area contributed by atoms with Crippen LogP contribution in [0, 0.1) is 5.92 Å². The monoisotopic (exact) mass is 468 g/mol. The third-order valence-electron chi connectivity index (χ3n) is 6.94. The minimum atomic E-state index is -0.0470. The number of para-hydroxylation sites is 1. The third kappa shape index (κ3) is 5.10. The van der Waals surface area contributed by atoms with Crippen molar-refractivity contribution < 1.29 is 14.3 Å². The quantitative estimate of drug-likeness (QED) is 0.305. The average Bonchev–Trinajstić information content (AvgIpc) is 3.40. The molecule has 0 fully saturated rings. The first-order chi connectivity index (χ1) is 17.2. The van der Waals surface area contributed by atoms with Gasteiger partial charge in [0, 0.05) is 26.2 Å². The Balaban J connectivity index is 1.34. The predicted molar refractivity (Wildman–Crippen MR) is 139 cm³/mol. The van der Waals surface area contributed by atoms with Gasteiger partial charge in [-0.15, -0.1) is 0 Å². The van der Waals surface area contributed by atoms with E-state index in [4.69, 9.17) is 9.47 Å². The van der Waals surface area contributed by atoms with Gasteiger partial charge in [-0.2, -0.15) is 0 Å². The third-order valence-corrected chi connectivity index (χ3v) is 6.94. The number of amides is 1. The normalized spacial score (nSPS) is 20.0. The molecule has 1 aliphatic carbocycles. The van der Waals surface area contributed by atoms with Crippen LogP contribution in [-0.4, -0.2) is 26.2 Å². The van der Waals surface area contributed by atoms with Gasteiger partial charge in [0.15, 0.2) is 0 Å². The van der Waals surface area contributed by atoms with Gasteiger partial charge >= 0.3 is 0 Å². The summed E-state index contributed by atoms with van der Waals surface area (Å²) in [5.74, 6) is 1.52. The number of carbonyl (C=O) groups is 1. The average molecular weight is 469 g/mol. The molecule has 0 radical (unpaired) electrons. The second-order valence-electron chi connectivity index (χ2n) is 9.19. The lowest BCUT2D eigenvalue weighted by Crippen LogP contribution is -2.32. The molecule has 3 atom stereocenters. The molecule has 0 saturated heterocycles. The van der Waals surface area contributed by atoms with E-state index in [-0.39, 0.29) is 11.9 Å². The fourth-order valence-electron chi connectivity index (χ4n) is 5.17. The summed E-state index contributed by atoms with van der Waals surface area (Å²) in [5.41, 5.74) is 5.20. The van der Waals surface area contributed by atoms with Crippen LogP contribution < -0.4 is 15.4 Å². The zero-order valence-electron chi connectivity index (χ0n) is 20.1. The van der Waals surface area contributed by atoms with Crippen molar-refractivity contribution in [2.24, 2.45) is 5.92 Å². The predicted octanol–water partition coefficient (Wildman–Crippen LogP) is 5.86. The van der Waals surface area contributed by atoms with E-state index in [2.05, 4.69) is 53.1 Å². The van der Waals surface area contributed by atoms with E-state index in [1.807, 2.05) is 42.5 Å². The molecule has 3 aromatic rings. The van der Waals surface area contributed by atoms with Crippen molar-refractivity contribution in [1.82, 2.24) is 5.32 Å². The minimum Gasteiger partial charge on any atom is -0.489 e. The number of rotatable bonds is 9. The molecule has 180 valence electrons. The lowest BCUT2D eigenvalue weighted by Gasteiger charge is -2.38. The molecule has 0 saturated carbocycles. The van der Waals surface area contributed by atoms with E-state index >= 15 is 0 Å². The summed E-state index contributed by atoms with van der Waals surface area (Å²) in [6.07, 6.45) is 6.38. The second kappa shape index (κ2) is 10.8. The molecule has 1 aliphatic heterocycles. The van der Waals surface area contributed by atoms with Crippen molar-refractivity contribution in [1.29, 1.82) is 0 Å². The van der Waals surface area contributed by atoms with Crippen LogP contribution in [0.4, 0.5) is 5.69 Å². The molecule has 1 amide bonds. The maximum absolute atomic E-state index is 13.0. The highest BCUT2D eigenvalue weighted by Crippen LogP contribution is 2.50. The number of carbonyl (C=O) groups excluding carboxylic acids is 1. The zero-order valence-corrected chi connectivity index (χ0v) is 20.1. The molecule has 3 aromatic carbocycles. The highest BCUT2D eigenvalue weighted by atomic mass is 16.5. The first kappa shape index (κ1) is 23.2. The lowest BCUT2D eigenvalue weighted by atomic mass is 9.76. The van der Waals surface area contributed by atoms with Gasteiger partial charge in [0.1, 0.15) is 12.4 Å². The van der Waals surface area contributed by atoms with Crippen LogP contribution in [-0.2, 0) is 11.3 Å². The van der Waals surface area contributed by atoms with Crippen molar-refractivity contribution in [3.8, 4) is 5.75 Å². The van der Waals surface area contributed by atoms with Crippen molar-refractivity contribution in [3.63, 3.8) is 0 Å². The summed E-state index contributed by atoms with van der Waals surface area (Å²) in [4.78, 5) is 13.0. The Morgan fingerprint density at radius 3 is 2.66 bits per heavy atom. The molecule has 5 heteroatoms. The number of anilines is 1. The summed E-state index contributed by atoms with van der Waals surface area (Å²) in [6, 6.07) is 24.7. The largest absolute Gasteiger partial charge is 0.489 e. The van der Waals surface area contributed by atoms with Gasteiger partial charge in [-0.05, 0) is 53.6 Å². The molecule has 0 aromatic heterocycles. The lowest BCUT2D eigenvalue weighted by molar-refractivity contribution is 0.0949. The van der Waals surface area contributed by atoms with Crippen LogP contribution in [0.2, 0.25) is 0 Å². The molecule has 35 heavy (non-hydrogen) atoms. The number of fused-ring (bicyclic) bond motifs is 3. The fraction of sp³-hybridized carbons (Fsp3) is 0.300. The summed E-state index contributed by atoms with van der Waals surface area (Å²) in [5, 5.41) is 6.79. The topological polar surface area (TPSA) is 59.6 Å². The first-order valence-electron chi connectivity index (χ1n) is 12.3. The first-order valence-corrected chi connectivity index (χ1v) is 12.3. The van der Waals surface area contributed by atoms with E-state index in [1.165, 1.54) is 11.1 Å². The maximum Gasteiger partial charge on any atom is 0.253 e. The van der Waals surface area contributed by atoms with Gasteiger partial charge in [-0.3, -0.25) is 4.79 Å². The summed E-state index contributed by atoms with van der Waals surface area (Å²) >= 11 is 0. The number of ether oxygens (including phenoxy) is 2. The van der Waals surface area contributed by atoms with E-state index in [9.17, 15) is 4.79 Å². The number of hydrogen-bond donors (Lipinski definition) is 2. The molecule has 1 heterocycles. The molecule has 0 bridgehead atoms.